The van der Waals surface area contributed by atoms with E-state index in [1.54, 1.807) is 55.0 Å². The average molecular weight is 418 g/mol. The summed E-state index contributed by atoms with van der Waals surface area (Å²) in [7, 11) is 0. The van der Waals surface area contributed by atoms with Crippen LogP contribution in [-0.2, 0) is 4.84 Å². The van der Waals surface area contributed by atoms with Crippen LogP contribution in [0.15, 0.2) is 83.0 Å². The fourth-order valence-corrected chi connectivity index (χ4v) is 3.00. The number of hydrogen-bond acceptors (Lipinski definition) is 9. The number of rotatable bonds is 5. The van der Waals surface area contributed by atoms with Gasteiger partial charge in [0.2, 0.25) is 0 Å². The molecule has 6 N–H and O–H groups in total. The predicted molar refractivity (Wildman–Crippen MR) is 117 cm³/mol. The van der Waals surface area contributed by atoms with E-state index in [1.807, 2.05) is 0 Å². The molecule has 31 heavy (non-hydrogen) atoms. The molecule has 3 heterocycles. The Kier molecular flexibility index (Phi) is 5.54. The fraction of sp³-hybridized carbons (Fsp3) is 0.0476. The summed E-state index contributed by atoms with van der Waals surface area (Å²) < 4.78 is 14.4. The smallest absolute Gasteiger partial charge is 0.270 e. The monoisotopic (exact) mass is 418 g/mol. The lowest BCUT2D eigenvalue weighted by Crippen LogP contribution is -2.34. The van der Waals surface area contributed by atoms with Gasteiger partial charge in [-0.2, -0.15) is 0 Å². The van der Waals surface area contributed by atoms with Crippen molar-refractivity contribution in [3.05, 3.63) is 89.8 Å². The molecule has 1 atom stereocenters. The van der Waals surface area contributed by atoms with Gasteiger partial charge in [0.25, 0.3) is 5.90 Å². The topological polar surface area (TPSA) is 141 Å². The van der Waals surface area contributed by atoms with E-state index < -0.39 is 11.9 Å². The molecule has 1 aliphatic heterocycles. The molecule has 4 rings (SSSR count). The number of hydrazine groups is 1. The number of nitrogens with two attached hydrogens (primary N) is 3. The Hall–Kier alpha value is -4.31. The van der Waals surface area contributed by atoms with Crippen molar-refractivity contribution < 1.29 is 9.23 Å². The molecular weight excluding hydrogens is 399 g/mol. The van der Waals surface area contributed by atoms with Crippen LogP contribution in [0, 0.1) is 5.82 Å². The third kappa shape index (κ3) is 4.19. The van der Waals surface area contributed by atoms with Crippen molar-refractivity contribution in [2.24, 2.45) is 21.7 Å². The molecule has 0 saturated heterocycles. The number of aromatic nitrogens is 2. The molecule has 1 aromatic carbocycles. The molecule has 0 radical (unpaired) electrons. The molecule has 0 aliphatic carbocycles. The van der Waals surface area contributed by atoms with E-state index in [1.165, 1.54) is 18.3 Å². The van der Waals surface area contributed by atoms with Gasteiger partial charge in [0.1, 0.15) is 23.4 Å². The first kappa shape index (κ1) is 20.0. The Morgan fingerprint density at radius 3 is 2.55 bits per heavy atom. The standard InChI is InChI=1S/C21H19FN8O/c22-15-3-1-2-4-17(15)30(25)20(13-7-9-26-10-8-13)19(24)21-29-16(12-28-31-21)14-5-6-18(23)27-11-14/h1-12,16H,24-25H2,(H2,23,27)/b20-19-. The number of benzene rings is 1. The lowest BCUT2D eigenvalue weighted by atomic mass is 10.1. The van der Waals surface area contributed by atoms with Crippen LogP contribution in [0.4, 0.5) is 15.9 Å². The predicted octanol–water partition coefficient (Wildman–Crippen LogP) is 2.36. The number of oxime groups is 1. The molecule has 0 saturated carbocycles. The first-order chi connectivity index (χ1) is 15.0. The van der Waals surface area contributed by atoms with Crippen LogP contribution in [0.2, 0.25) is 0 Å². The molecule has 3 aromatic rings. The molecule has 1 unspecified atom stereocenters. The Bertz CT molecular complexity index is 1160. The lowest BCUT2D eigenvalue weighted by Gasteiger charge is -2.25. The van der Waals surface area contributed by atoms with Crippen LogP contribution in [0.5, 0.6) is 0 Å². The lowest BCUT2D eigenvalue weighted by molar-refractivity contribution is 0.318. The van der Waals surface area contributed by atoms with E-state index in [0.717, 1.165) is 10.6 Å². The zero-order chi connectivity index (χ0) is 21.8. The van der Waals surface area contributed by atoms with Crippen LogP contribution in [0.3, 0.4) is 0 Å². The van der Waals surface area contributed by atoms with Gasteiger partial charge in [-0.25, -0.2) is 20.2 Å². The number of hydrogen-bond donors (Lipinski definition) is 3. The number of nitrogen functional groups attached to an aromatic ring is 1. The van der Waals surface area contributed by atoms with Gasteiger partial charge in [-0.3, -0.25) is 9.99 Å². The van der Waals surface area contributed by atoms with Gasteiger partial charge in [-0.15, -0.1) is 0 Å². The van der Waals surface area contributed by atoms with Crippen LogP contribution in [0.1, 0.15) is 17.2 Å². The highest BCUT2D eigenvalue weighted by Crippen LogP contribution is 2.28. The molecule has 0 fully saturated rings. The molecule has 10 heteroatoms. The second kappa shape index (κ2) is 8.59. The van der Waals surface area contributed by atoms with E-state index in [2.05, 4.69) is 20.1 Å². The number of pyridine rings is 2. The van der Waals surface area contributed by atoms with Gasteiger partial charge >= 0.3 is 0 Å². The Morgan fingerprint density at radius 1 is 1.06 bits per heavy atom. The van der Waals surface area contributed by atoms with Gasteiger partial charge in [0, 0.05) is 29.7 Å². The summed E-state index contributed by atoms with van der Waals surface area (Å²) in [6.45, 7) is 0. The number of nitrogens with zero attached hydrogens (tertiary/aromatic N) is 5. The normalized spacial score (nSPS) is 16.2. The summed E-state index contributed by atoms with van der Waals surface area (Å²) in [4.78, 5) is 17.9. The number of halogens is 1. The van der Waals surface area contributed by atoms with Crippen LogP contribution < -0.4 is 22.3 Å². The number of para-hydroxylation sites is 1. The summed E-state index contributed by atoms with van der Waals surface area (Å²) in [6.07, 6.45) is 6.24. The SMILES string of the molecule is N/C(C1=NC(c2ccc(N)nc2)C=NO1)=C(/c1ccncc1)N(N)c1ccccc1F. The van der Waals surface area contributed by atoms with E-state index in [0.29, 0.717) is 11.4 Å². The minimum absolute atomic E-state index is 0.0305. The van der Waals surface area contributed by atoms with Crippen molar-refractivity contribution in [2.75, 3.05) is 10.7 Å². The maximum atomic E-state index is 14.4. The van der Waals surface area contributed by atoms with Crippen molar-refractivity contribution in [3.8, 4) is 0 Å². The summed E-state index contributed by atoms with van der Waals surface area (Å²) in [5, 5.41) is 5.05. The Balaban J connectivity index is 1.80. The molecule has 0 spiro atoms. The molecule has 9 nitrogen and oxygen atoms in total. The minimum Gasteiger partial charge on any atom is -0.392 e. The first-order valence-electron chi connectivity index (χ1n) is 9.24. The maximum absolute atomic E-state index is 14.4. The van der Waals surface area contributed by atoms with E-state index in [-0.39, 0.29) is 23.0 Å². The number of aliphatic imine (C=N–C) groups is 1. The largest absolute Gasteiger partial charge is 0.392 e. The summed E-state index contributed by atoms with van der Waals surface area (Å²) in [5.74, 6) is 6.21. The maximum Gasteiger partial charge on any atom is 0.270 e. The third-order valence-corrected chi connectivity index (χ3v) is 4.54. The first-order valence-corrected chi connectivity index (χ1v) is 9.24. The van der Waals surface area contributed by atoms with E-state index >= 15 is 0 Å². The third-order valence-electron chi connectivity index (χ3n) is 4.54. The van der Waals surface area contributed by atoms with Crippen molar-refractivity contribution in [2.45, 2.75) is 6.04 Å². The Morgan fingerprint density at radius 2 is 1.84 bits per heavy atom. The second-order valence-corrected chi connectivity index (χ2v) is 6.56. The van der Waals surface area contributed by atoms with Gasteiger partial charge in [0.15, 0.2) is 0 Å². The highest BCUT2D eigenvalue weighted by molar-refractivity contribution is 6.04. The van der Waals surface area contributed by atoms with Gasteiger partial charge in [-0.05, 0) is 30.3 Å². The zero-order valence-corrected chi connectivity index (χ0v) is 16.3. The van der Waals surface area contributed by atoms with Crippen LogP contribution >= 0.6 is 0 Å². The van der Waals surface area contributed by atoms with Crippen molar-refractivity contribution in [1.82, 2.24) is 9.97 Å². The van der Waals surface area contributed by atoms with Crippen molar-refractivity contribution in [1.29, 1.82) is 0 Å². The quantitative estimate of drug-likeness (QED) is 0.427. The molecule has 1 aliphatic rings. The fourth-order valence-electron chi connectivity index (χ4n) is 3.00. The van der Waals surface area contributed by atoms with Gasteiger partial charge in [0.05, 0.1) is 17.6 Å². The highest BCUT2D eigenvalue weighted by Gasteiger charge is 2.24. The Labute approximate surface area is 177 Å². The average Bonchev–Trinajstić information content (AvgIpc) is 2.80. The minimum atomic E-state index is -0.514. The molecule has 2 aromatic heterocycles. The highest BCUT2D eigenvalue weighted by atomic mass is 19.1. The molecular formula is C21H19FN8O. The van der Waals surface area contributed by atoms with Crippen LogP contribution in [-0.4, -0.2) is 22.1 Å². The molecule has 0 amide bonds. The zero-order valence-electron chi connectivity index (χ0n) is 16.3. The number of anilines is 2. The van der Waals surface area contributed by atoms with E-state index in [9.17, 15) is 4.39 Å². The van der Waals surface area contributed by atoms with Gasteiger partial charge in [-0.1, -0.05) is 23.4 Å². The van der Waals surface area contributed by atoms with E-state index in [4.69, 9.17) is 22.1 Å². The van der Waals surface area contributed by atoms with Crippen molar-refractivity contribution in [3.63, 3.8) is 0 Å². The summed E-state index contributed by atoms with van der Waals surface area (Å²) >= 11 is 0. The van der Waals surface area contributed by atoms with Crippen LogP contribution in [0.25, 0.3) is 5.70 Å². The molecule has 156 valence electrons. The molecule has 0 bridgehead atoms. The second-order valence-electron chi connectivity index (χ2n) is 6.56. The summed E-state index contributed by atoms with van der Waals surface area (Å²) in [5.41, 5.74) is 13.9. The summed E-state index contributed by atoms with van der Waals surface area (Å²) in [6, 6.07) is 12.4. The van der Waals surface area contributed by atoms with Gasteiger partial charge < -0.3 is 16.3 Å². The van der Waals surface area contributed by atoms with Crippen molar-refractivity contribution >= 4 is 29.3 Å².